The lowest BCUT2D eigenvalue weighted by Gasteiger charge is -2.16. The number of anilines is 1. The first kappa shape index (κ1) is 19.0. The van der Waals surface area contributed by atoms with E-state index in [1.54, 1.807) is 12.1 Å². The highest BCUT2D eigenvalue weighted by atomic mass is 79.9. The van der Waals surface area contributed by atoms with Crippen molar-refractivity contribution in [2.45, 2.75) is 31.1 Å². The second-order valence-corrected chi connectivity index (χ2v) is 7.32. The minimum Gasteiger partial charge on any atom is -0.508 e. The van der Waals surface area contributed by atoms with Gasteiger partial charge >= 0.3 is 0 Å². The van der Waals surface area contributed by atoms with Crippen molar-refractivity contribution in [2.75, 3.05) is 11.9 Å². The molecule has 28 heavy (non-hydrogen) atoms. The van der Waals surface area contributed by atoms with Crippen LogP contribution in [0.2, 0.25) is 0 Å². The van der Waals surface area contributed by atoms with Crippen molar-refractivity contribution in [3.05, 3.63) is 40.9 Å². The van der Waals surface area contributed by atoms with Crippen molar-refractivity contribution in [1.82, 2.24) is 19.5 Å². The summed E-state index contributed by atoms with van der Waals surface area (Å²) in [6.07, 6.45) is -1.51. The molecular formula is C17H18BrN5O5. The number of phenolic OH excluding ortho intramolecular Hbond substituents is 1. The van der Waals surface area contributed by atoms with Gasteiger partial charge in [0.25, 0.3) is 0 Å². The predicted molar refractivity (Wildman–Crippen MR) is 101 cm³/mol. The molecule has 1 aliphatic heterocycles. The van der Waals surface area contributed by atoms with Crippen LogP contribution in [0.5, 0.6) is 5.75 Å². The first-order chi connectivity index (χ1) is 13.5. The zero-order chi connectivity index (χ0) is 19.8. The fraction of sp³-hybridized carbons (Fsp3) is 0.353. The molecular weight excluding hydrogens is 434 g/mol. The summed E-state index contributed by atoms with van der Waals surface area (Å²) in [5.41, 5.74) is 1.52. The molecule has 0 radical (unpaired) electrons. The average Bonchev–Trinajstić information content (AvgIpc) is 3.23. The fourth-order valence-corrected chi connectivity index (χ4v) is 3.49. The Kier molecular flexibility index (Phi) is 5.17. The topological polar surface area (TPSA) is 146 Å². The number of phenols is 1. The smallest absolute Gasteiger partial charge is 0.167 e. The molecule has 5 N–H and O–H groups in total. The van der Waals surface area contributed by atoms with E-state index in [4.69, 9.17) is 4.74 Å². The number of hydrogen-bond acceptors (Lipinski definition) is 9. The SMILES string of the molecule is OC[C@H]1O[C@@H](n2cnc3c(NCc4ccc(Br)cc4O)ncnc32)[C@@H](O)[C@@H]1O. The molecule has 0 unspecified atom stereocenters. The summed E-state index contributed by atoms with van der Waals surface area (Å²) in [4.78, 5) is 12.7. The third-order valence-corrected chi connectivity index (χ3v) is 5.14. The minimum absolute atomic E-state index is 0.143. The Balaban J connectivity index is 1.60. The van der Waals surface area contributed by atoms with Crippen molar-refractivity contribution in [2.24, 2.45) is 0 Å². The maximum Gasteiger partial charge on any atom is 0.167 e. The second kappa shape index (κ2) is 7.60. The van der Waals surface area contributed by atoms with E-state index >= 15 is 0 Å². The summed E-state index contributed by atoms with van der Waals surface area (Å²) in [7, 11) is 0. The van der Waals surface area contributed by atoms with Crippen LogP contribution in [0.25, 0.3) is 11.2 Å². The highest BCUT2D eigenvalue weighted by Gasteiger charge is 2.44. The van der Waals surface area contributed by atoms with Gasteiger partial charge in [0.2, 0.25) is 0 Å². The van der Waals surface area contributed by atoms with Gasteiger partial charge in [0.15, 0.2) is 23.2 Å². The van der Waals surface area contributed by atoms with E-state index in [1.807, 2.05) is 6.07 Å². The normalized spacial score (nSPS) is 24.7. The zero-order valence-corrected chi connectivity index (χ0v) is 16.1. The number of fused-ring (bicyclic) bond motifs is 1. The third kappa shape index (κ3) is 3.31. The molecule has 4 atom stereocenters. The van der Waals surface area contributed by atoms with E-state index in [9.17, 15) is 20.4 Å². The lowest BCUT2D eigenvalue weighted by molar-refractivity contribution is -0.0511. The number of aromatic hydroxyl groups is 1. The molecule has 10 nitrogen and oxygen atoms in total. The van der Waals surface area contributed by atoms with Crippen molar-refractivity contribution in [3.63, 3.8) is 0 Å². The molecule has 1 saturated heterocycles. The molecule has 11 heteroatoms. The predicted octanol–water partition coefficient (Wildman–Crippen LogP) is 0.518. The zero-order valence-electron chi connectivity index (χ0n) is 14.5. The average molecular weight is 452 g/mol. The van der Waals surface area contributed by atoms with E-state index in [2.05, 4.69) is 36.2 Å². The Bertz CT molecular complexity index is 999. The molecule has 1 fully saturated rings. The number of nitrogens with one attached hydrogen (secondary N) is 1. The number of hydrogen-bond donors (Lipinski definition) is 5. The van der Waals surface area contributed by atoms with Gasteiger partial charge in [0, 0.05) is 16.6 Å². The van der Waals surface area contributed by atoms with Crippen LogP contribution in [0.4, 0.5) is 5.82 Å². The molecule has 0 bridgehead atoms. The number of aliphatic hydroxyl groups is 3. The van der Waals surface area contributed by atoms with Gasteiger partial charge in [-0.3, -0.25) is 4.57 Å². The van der Waals surface area contributed by atoms with Crippen LogP contribution in [0.1, 0.15) is 11.8 Å². The summed E-state index contributed by atoms with van der Waals surface area (Å²) in [5, 5.41) is 42.6. The summed E-state index contributed by atoms with van der Waals surface area (Å²) in [5.74, 6) is 0.585. The Labute approximate surface area is 167 Å². The number of ether oxygens (including phenoxy) is 1. The van der Waals surface area contributed by atoms with Crippen LogP contribution in [0, 0.1) is 0 Å². The highest BCUT2D eigenvalue weighted by molar-refractivity contribution is 9.10. The molecule has 0 aliphatic carbocycles. The van der Waals surface area contributed by atoms with Gasteiger partial charge in [0.1, 0.15) is 30.4 Å². The Morgan fingerprint density at radius 1 is 1.18 bits per heavy atom. The number of aromatic nitrogens is 4. The number of halogens is 1. The van der Waals surface area contributed by atoms with Gasteiger partial charge in [-0.15, -0.1) is 0 Å². The molecule has 1 aromatic carbocycles. The number of aliphatic hydroxyl groups excluding tert-OH is 3. The fourth-order valence-electron chi connectivity index (χ4n) is 3.14. The minimum atomic E-state index is -1.24. The molecule has 2 aromatic heterocycles. The molecule has 0 saturated carbocycles. The van der Waals surface area contributed by atoms with Crippen molar-refractivity contribution in [1.29, 1.82) is 0 Å². The van der Waals surface area contributed by atoms with Crippen LogP contribution in [-0.2, 0) is 11.3 Å². The van der Waals surface area contributed by atoms with Gasteiger partial charge in [-0.25, -0.2) is 15.0 Å². The van der Waals surface area contributed by atoms with Crippen molar-refractivity contribution >= 4 is 32.9 Å². The van der Waals surface area contributed by atoms with Gasteiger partial charge < -0.3 is 30.5 Å². The molecule has 0 spiro atoms. The standard InChI is InChI=1S/C17H18BrN5O5/c18-9-2-1-8(10(25)3-9)4-19-15-12-16(21-6-20-15)23(7-22-12)17-14(27)13(26)11(5-24)28-17/h1-3,6-7,11,13-14,17,24-27H,4-5H2,(H,19,20,21)/t11-,13-,14+,17-/m1/s1. The molecule has 1 aliphatic rings. The van der Waals surface area contributed by atoms with Gasteiger partial charge in [-0.05, 0) is 12.1 Å². The van der Waals surface area contributed by atoms with Crippen molar-refractivity contribution < 1.29 is 25.2 Å². The first-order valence-electron chi connectivity index (χ1n) is 8.51. The molecule has 4 rings (SSSR count). The second-order valence-electron chi connectivity index (χ2n) is 6.40. The van der Waals surface area contributed by atoms with E-state index in [0.717, 1.165) is 4.47 Å². The molecule has 148 valence electrons. The highest BCUT2D eigenvalue weighted by Crippen LogP contribution is 2.32. The number of benzene rings is 1. The third-order valence-electron chi connectivity index (χ3n) is 4.64. The van der Waals surface area contributed by atoms with E-state index in [1.165, 1.54) is 17.2 Å². The lowest BCUT2D eigenvalue weighted by Crippen LogP contribution is -2.33. The summed E-state index contributed by atoms with van der Waals surface area (Å²) < 4.78 is 7.80. The molecule has 3 aromatic rings. The van der Waals surface area contributed by atoms with Gasteiger partial charge in [0.05, 0.1) is 12.9 Å². The van der Waals surface area contributed by atoms with Crippen LogP contribution in [0.15, 0.2) is 35.3 Å². The van der Waals surface area contributed by atoms with Crippen LogP contribution < -0.4 is 5.32 Å². The van der Waals surface area contributed by atoms with E-state index in [-0.39, 0.29) is 5.75 Å². The van der Waals surface area contributed by atoms with Gasteiger partial charge in [-0.2, -0.15) is 0 Å². The molecule has 0 amide bonds. The van der Waals surface area contributed by atoms with Crippen LogP contribution >= 0.6 is 15.9 Å². The largest absolute Gasteiger partial charge is 0.508 e. The number of nitrogens with zero attached hydrogens (tertiary/aromatic N) is 4. The maximum atomic E-state index is 10.2. The Morgan fingerprint density at radius 3 is 2.71 bits per heavy atom. The summed E-state index contributed by atoms with van der Waals surface area (Å²) in [6, 6.07) is 5.20. The summed E-state index contributed by atoms with van der Waals surface area (Å²) >= 11 is 3.30. The maximum absolute atomic E-state index is 10.2. The monoisotopic (exact) mass is 451 g/mol. The first-order valence-corrected chi connectivity index (χ1v) is 9.30. The summed E-state index contributed by atoms with van der Waals surface area (Å²) in [6.45, 7) is -0.105. The molecule has 3 heterocycles. The number of imidazole rings is 1. The lowest BCUT2D eigenvalue weighted by atomic mass is 10.1. The van der Waals surface area contributed by atoms with E-state index < -0.39 is 31.1 Å². The van der Waals surface area contributed by atoms with Crippen LogP contribution in [0.3, 0.4) is 0 Å². The van der Waals surface area contributed by atoms with E-state index in [0.29, 0.717) is 29.1 Å². The Morgan fingerprint density at radius 2 is 2.00 bits per heavy atom. The van der Waals surface area contributed by atoms with Gasteiger partial charge in [-0.1, -0.05) is 22.0 Å². The quantitative estimate of drug-likeness (QED) is 0.374. The Hall–Kier alpha value is -2.31. The number of rotatable bonds is 5. The van der Waals surface area contributed by atoms with Crippen LogP contribution in [-0.4, -0.2) is 64.9 Å². The van der Waals surface area contributed by atoms with Crippen molar-refractivity contribution in [3.8, 4) is 5.75 Å².